The smallest absolute Gasteiger partial charge is 0.00752 e. The van der Waals surface area contributed by atoms with Crippen LogP contribution in [-0.4, -0.2) is 11.5 Å². The normalized spacial score (nSPS) is 44.7. The molecule has 1 saturated carbocycles. The Labute approximate surface area is 75.1 Å². The van der Waals surface area contributed by atoms with Crippen molar-refractivity contribution in [2.24, 2.45) is 17.8 Å². The van der Waals surface area contributed by atoms with Gasteiger partial charge in [-0.25, -0.2) is 0 Å². The highest BCUT2D eigenvalue weighted by Gasteiger charge is 2.35. The first-order valence-corrected chi connectivity index (χ1v) is 6.02. The summed E-state index contributed by atoms with van der Waals surface area (Å²) in [5, 5.41) is 0.940. The predicted octanol–water partition coefficient (Wildman–Crippen LogP) is 3.42. The Bertz CT molecular complexity index is 104. The fourth-order valence-electron chi connectivity index (χ4n) is 2.34. The molecule has 0 aromatic carbocycles. The molecule has 0 aliphatic heterocycles. The van der Waals surface area contributed by atoms with Gasteiger partial charge in [-0.2, -0.15) is 11.8 Å². The van der Waals surface area contributed by atoms with E-state index in [9.17, 15) is 0 Å². The Morgan fingerprint density at radius 3 is 2.18 bits per heavy atom. The van der Waals surface area contributed by atoms with Crippen LogP contribution >= 0.6 is 11.8 Å². The molecule has 0 radical (unpaired) electrons. The fourth-order valence-corrected chi connectivity index (χ4v) is 3.46. The summed E-state index contributed by atoms with van der Waals surface area (Å²) < 4.78 is 0. The minimum Gasteiger partial charge on any atom is -0.162 e. The van der Waals surface area contributed by atoms with Gasteiger partial charge in [0.1, 0.15) is 0 Å². The first kappa shape index (κ1) is 9.44. The highest BCUT2D eigenvalue weighted by atomic mass is 32.2. The van der Waals surface area contributed by atoms with Crippen LogP contribution in [0.25, 0.3) is 0 Å². The van der Waals surface area contributed by atoms with E-state index in [1.165, 1.54) is 12.8 Å². The summed E-state index contributed by atoms with van der Waals surface area (Å²) >= 11 is 2.06. The lowest BCUT2D eigenvalue weighted by Gasteiger charge is -2.17. The van der Waals surface area contributed by atoms with Gasteiger partial charge in [-0.1, -0.05) is 27.2 Å². The fraction of sp³-hybridized carbons (Fsp3) is 1.00. The third-order valence-corrected chi connectivity index (χ3v) is 4.75. The number of rotatable bonds is 2. The van der Waals surface area contributed by atoms with Crippen LogP contribution in [0.3, 0.4) is 0 Å². The van der Waals surface area contributed by atoms with Gasteiger partial charge in [-0.15, -0.1) is 0 Å². The highest BCUT2D eigenvalue weighted by molar-refractivity contribution is 7.99. The third kappa shape index (κ3) is 1.74. The zero-order valence-corrected chi connectivity index (χ0v) is 8.95. The highest BCUT2D eigenvalue weighted by Crippen LogP contribution is 2.43. The van der Waals surface area contributed by atoms with Crippen LogP contribution in [0.4, 0.5) is 0 Å². The molecule has 4 unspecified atom stereocenters. The standard InChI is InChI=1S/C10H20S/c1-5-9-6-10(11-4)8(3)7(9)2/h7-10H,5-6H2,1-4H3. The molecular weight excluding hydrogens is 152 g/mol. The van der Waals surface area contributed by atoms with Crippen LogP contribution in [0.15, 0.2) is 0 Å². The molecule has 0 saturated heterocycles. The van der Waals surface area contributed by atoms with Crippen molar-refractivity contribution in [1.82, 2.24) is 0 Å². The molecule has 66 valence electrons. The van der Waals surface area contributed by atoms with Crippen LogP contribution in [0.5, 0.6) is 0 Å². The zero-order valence-electron chi connectivity index (χ0n) is 8.13. The van der Waals surface area contributed by atoms with E-state index in [4.69, 9.17) is 0 Å². The molecule has 0 spiro atoms. The monoisotopic (exact) mass is 172 g/mol. The summed E-state index contributed by atoms with van der Waals surface area (Å²) in [6, 6.07) is 0. The lowest BCUT2D eigenvalue weighted by Crippen LogP contribution is -2.11. The van der Waals surface area contributed by atoms with Crippen molar-refractivity contribution in [3.63, 3.8) is 0 Å². The van der Waals surface area contributed by atoms with Crippen molar-refractivity contribution in [2.75, 3.05) is 6.26 Å². The van der Waals surface area contributed by atoms with Crippen molar-refractivity contribution in [3.8, 4) is 0 Å². The molecule has 1 fully saturated rings. The summed E-state index contributed by atoms with van der Waals surface area (Å²) in [6.45, 7) is 7.17. The molecule has 0 heterocycles. The van der Waals surface area contributed by atoms with Crippen molar-refractivity contribution >= 4 is 11.8 Å². The maximum absolute atomic E-state index is 2.43. The van der Waals surface area contributed by atoms with E-state index in [-0.39, 0.29) is 0 Å². The van der Waals surface area contributed by atoms with E-state index in [1.54, 1.807) is 0 Å². The predicted molar refractivity (Wildman–Crippen MR) is 54.0 cm³/mol. The van der Waals surface area contributed by atoms with Crippen LogP contribution < -0.4 is 0 Å². The van der Waals surface area contributed by atoms with Gasteiger partial charge in [0.2, 0.25) is 0 Å². The molecule has 4 atom stereocenters. The van der Waals surface area contributed by atoms with E-state index in [2.05, 4.69) is 38.8 Å². The molecule has 1 heteroatoms. The van der Waals surface area contributed by atoms with Gasteiger partial charge in [-0.05, 0) is 30.4 Å². The molecule has 0 aromatic rings. The van der Waals surface area contributed by atoms with Gasteiger partial charge in [-0.3, -0.25) is 0 Å². The largest absolute Gasteiger partial charge is 0.162 e. The lowest BCUT2D eigenvalue weighted by atomic mass is 9.91. The molecule has 0 N–H and O–H groups in total. The van der Waals surface area contributed by atoms with Gasteiger partial charge in [0, 0.05) is 5.25 Å². The van der Waals surface area contributed by atoms with Crippen LogP contribution in [-0.2, 0) is 0 Å². The van der Waals surface area contributed by atoms with Gasteiger partial charge in [0.15, 0.2) is 0 Å². The summed E-state index contributed by atoms with van der Waals surface area (Å²) in [4.78, 5) is 0. The Morgan fingerprint density at radius 2 is 1.91 bits per heavy atom. The van der Waals surface area contributed by atoms with E-state index in [0.717, 1.165) is 23.0 Å². The van der Waals surface area contributed by atoms with Gasteiger partial charge in [0.05, 0.1) is 0 Å². The van der Waals surface area contributed by atoms with E-state index in [1.807, 2.05) is 0 Å². The summed E-state index contributed by atoms with van der Waals surface area (Å²) in [7, 11) is 0. The Morgan fingerprint density at radius 1 is 1.27 bits per heavy atom. The summed E-state index contributed by atoms with van der Waals surface area (Å²) in [5.41, 5.74) is 0. The maximum Gasteiger partial charge on any atom is 0.00752 e. The topological polar surface area (TPSA) is 0 Å². The molecule has 0 aromatic heterocycles. The van der Waals surface area contributed by atoms with E-state index >= 15 is 0 Å². The average Bonchev–Trinajstić information content (AvgIpc) is 2.30. The molecule has 1 aliphatic rings. The van der Waals surface area contributed by atoms with Crippen molar-refractivity contribution in [2.45, 2.75) is 38.9 Å². The maximum atomic E-state index is 2.43. The quantitative estimate of drug-likeness (QED) is 0.615. The zero-order chi connectivity index (χ0) is 8.43. The second kappa shape index (κ2) is 3.84. The Kier molecular flexibility index (Phi) is 3.29. The number of hydrogen-bond acceptors (Lipinski definition) is 1. The first-order chi connectivity index (χ1) is 5.20. The minimum atomic E-state index is 0.940. The van der Waals surface area contributed by atoms with Gasteiger partial charge in [0.25, 0.3) is 0 Å². The molecule has 0 bridgehead atoms. The Balaban J connectivity index is 2.53. The molecule has 1 aliphatic carbocycles. The van der Waals surface area contributed by atoms with Gasteiger partial charge < -0.3 is 0 Å². The van der Waals surface area contributed by atoms with Gasteiger partial charge >= 0.3 is 0 Å². The second-order valence-corrected chi connectivity index (χ2v) is 4.97. The molecule has 11 heavy (non-hydrogen) atoms. The summed E-state index contributed by atoms with van der Waals surface area (Å²) in [5.74, 6) is 2.90. The molecule has 1 rings (SSSR count). The number of thioether (sulfide) groups is 1. The second-order valence-electron chi connectivity index (χ2n) is 3.90. The van der Waals surface area contributed by atoms with E-state index in [0.29, 0.717) is 0 Å². The van der Waals surface area contributed by atoms with E-state index < -0.39 is 0 Å². The first-order valence-electron chi connectivity index (χ1n) is 4.73. The minimum absolute atomic E-state index is 0.940. The summed E-state index contributed by atoms with van der Waals surface area (Å²) in [6.07, 6.45) is 5.09. The van der Waals surface area contributed by atoms with Crippen LogP contribution in [0.1, 0.15) is 33.6 Å². The van der Waals surface area contributed by atoms with Crippen molar-refractivity contribution in [1.29, 1.82) is 0 Å². The SMILES string of the molecule is CCC1CC(SC)C(C)C1C. The molecular formula is C10H20S. The third-order valence-electron chi connectivity index (χ3n) is 3.52. The van der Waals surface area contributed by atoms with Crippen molar-refractivity contribution < 1.29 is 0 Å². The lowest BCUT2D eigenvalue weighted by molar-refractivity contribution is 0.350. The molecule has 0 amide bonds. The molecule has 0 nitrogen and oxygen atoms in total. The average molecular weight is 172 g/mol. The number of hydrogen-bond donors (Lipinski definition) is 0. The Hall–Kier alpha value is 0.350. The van der Waals surface area contributed by atoms with Crippen LogP contribution in [0.2, 0.25) is 0 Å². The van der Waals surface area contributed by atoms with Crippen molar-refractivity contribution in [3.05, 3.63) is 0 Å². The van der Waals surface area contributed by atoms with Crippen LogP contribution in [0, 0.1) is 17.8 Å².